The van der Waals surface area contributed by atoms with E-state index in [0.717, 1.165) is 0 Å². The number of esters is 2. The summed E-state index contributed by atoms with van der Waals surface area (Å²) in [5.41, 5.74) is 0. The van der Waals surface area contributed by atoms with Gasteiger partial charge in [-0.1, -0.05) is 12.2 Å². The minimum Gasteiger partial charge on any atom is -0.463 e. The van der Waals surface area contributed by atoms with Crippen LogP contribution in [0.2, 0.25) is 0 Å². The largest absolute Gasteiger partial charge is 0.463 e. The first-order valence-corrected chi connectivity index (χ1v) is 6.47. The van der Waals surface area contributed by atoms with Gasteiger partial charge in [-0.25, -0.2) is 0 Å². The van der Waals surface area contributed by atoms with Crippen LogP contribution in [0.15, 0.2) is 12.2 Å². The van der Waals surface area contributed by atoms with Crippen molar-refractivity contribution in [2.24, 2.45) is 11.8 Å². The van der Waals surface area contributed by atoms with E-state index in [2.05, 4.69) is 0 Å². The minimum atomic E-state index is -0.413. The molecule has 102 valence electrons. The van der Waals surface area contributed by atoms with E-state index in [1.807, 2.05) is 12.2 Å². The van der Waals surface area contributed by atoms with E-state index >= 15 is 0 Å². The van der Waals surface area contributed by atoms with Gasteiger partial charge in [-0.3, -0.25) is 9.59 Å². The third-order valence-electron chi connectivity index (χ3n) is 2.74. The molecule has 0 heterocycles. The van der Waals surface area contributed by atoms with E-state index in [4.69, 9.17) is 9.47 Å². The maximum absolute atomic E-state index is 11.9. The van der Waals surface area contributed by atoms with E-state index in [1.165, 1.54) is 0 Å². The molecule has 4 nitrogen and oxygen atoms in total. The summed E-state index contributed by atoms with van der Waals surface area (Å²) in [5, 5.41) is 0. The quantitative estimate of drug-likeness (QED) is 0.571. The van der Waals surface area contributed by atoms with Gasteiger partial charge >= 0.3 is 11.9 Å². The van der Waals surface area contributed by atoms with Crippen LogP contribution in [0.3, 0.4) is 0 Å². The molecule has 0 saturated carbocycles. The first-order chi connectivity index (χ1) is 8.41. The molecular weight excluding hydrogens is 232 g/mol. The number of carbonyl (C=O) groups is 2. The van der Waals surface area contributed by atoms with Crippen molar-refractivity contribution in [1.29, 1.82) is 0 Å². The Morgan fingerprint density at radius 3 is 1.50 bits per heavy atom. The van der Waals surface area contributed by atoms with Gasteiger partial charge < -0.3 is 9.47 Å². The van der Waals surface area contributed by atoms with Crippen LogP contribution in [0.4, 0.5) is 0 Å². The van der Waals surface area contributed by atoms with Crippen LogP contribution in [0.5, 0.6) is 0 Å². The van der Waals surface area contributed by atoms with E-state index < -0.39 is 11.8 Å². The van der Waals surface area contributed by atoms with Gasteiger partial charge in [0.2, 0.25) is 0 Å². The highest BCUT2D eigenvalue weighted by Gasteiger charge is 2.36. The first kappa shape index (κ1) is 14.7. The molecule has 0 amide bonds. The lowest BCUT2D eigenvalue weighted by Gasteiger charge is -2.26. The molecule has 1 aliphatic rings. The predicted molar refractivity (Wildman–Crippen MR) is 67.8 cm³/mol. The molecule has 0 N–H and O–H groups in total. The number of carbonyl (C=O) groups excluding carboxylic acids is 2. The zero-order valence-corrected chi connectivity index (χ0v) is 11.5. The average molecular weight is 254 g/mol. The molecule has 0 aliphatic heterocycles. The van der Waals surface area contributed by atoms with Gasteiger partial charge in [0, 0.05) is 0 Å². The van der Waals surface area contributed by atoms with Crippen LogP contribution in [0.25, 0.3) is 0 Å². The molecule has 0 saturated heterocycles. The monoisotopic (exact) mass is 254 g/mol. The molecule has 0 aromatic carbocycles. The van der Waals surface area contributed by atoms with Gasteiger partial charge in [-0.15, -0.1) is 0 Å². The molecule has 1 aliphatic carbocycles. The smallest absolute Gasteiger partial charge is 0.310 e. The number of allylic oxidation sites excluding steroid dienone is 2. The lowest BCUT2D eigenvalue weighted by molar-refractivity contribution is -0.165. The lowest BCUT2D eigenvalue weighted by Crippen LogP contribution is -2.35. The fourth-order valence-electron chi connectivity index (χ4n) is 1.97. The van der Waals surface area contributed by atoms with Gasteiger partial charge in [0.1, 0.15) is 0 Å². The molecule has 0 bridgehead atoms. The Kier molecular flexibility index (Phi) is 5.38. The van der Waals surface area contributed by atoms with Crippen molar-refractivity contribution < 1.29 is 19.1 Å². The van der Waals surface area contributed by atoms with Gasteiger partial charge in [0.15, 0.2) is 0 Å². The fraction of sp³-hybridized carbons (Fsp3) is 0.714. The molecule has 18 heavy (non-hydrogen) atoms. The SMILES string of the molecule is CC(C)OC(=O)[C@@H]1CC=CC[C@H]1C(=O)OC(C)C. The summed E-state index contributed by atoms with van der Waals surface area (Å²) < 4.78 is 10.4. The van der Waals surface area contributed by atoms with E-state index in [1.54, 1.807) is 27.7 Å². The third-order valence-corrected chi connectivity index (χ3v) is 2.74. The van der Waals surface area contributed by atoms with Crippen molar-refractivity contribution in [3.05, 3.63) is 12.2 Å². The van der Waals surface area contributed by atoms with Gasteiger partial charge in [0.05, 0.1) is 24.0 Å². The van der Waals surface area contributed by atoms with Crippen LogP contribution in [-0.4, -0.2) is 24.1 Å². The van der Waals surface area contributed by atoms with Crippen LogP contribution in [0, 0.1) is 11.8 Å². The zero-order valence-electron chi connectivity index (χ0n) is 11.5. The van der Waals surface area contributed by atoms with Gasteiger partial charge in [0.25, 0.3) is 0 Å². The topological polar surface area (TPSA) is 52.6 Å². The summed E-state index contributed by atoms with van der Waals surface area (Å²) >= 11 is 0. The summed E-state index contributed by atoms with van der Waals surface area (Å²) in [5.74, 6) is -1.44. The highest BCUT2D eigenvalue weighted by Crippen LogP contribution is 2.28. The second-order valence-electron chi connectivity index (χ2n) is 5.13. The van der Waals surface area contributed by atoms with Crippen LogP contribution in [-0.2, 0) is 19.1 Å². The maximum Gasteiger partial charge on any atom is 0.310 e. The number of ether oxygens (including phenoxy) is 2. The van der Waals surface area contributed by atoms with Crippen LogP contribution < -0.4 is 0 Å². The number of hydrogen-bond acceptors (Lipinski definition) is 4. The molecule has 0 aromatic rings. The normalized spacial score (nSPS) is 23.2. The average Bonchev–Trinajstić information content (AvgIpc) is 2.27. The Hall–Kier alpha value is -1.32. The molecule has 1 rings (SSSR count). The Bertz CT molecular complexity index is 299. The molecular formula is C14H22O4. The van der Waals surface area contributed by atoms with Crippen LogP contribution >= 0.6 is 0 Å². The van der Waals surface area contributed by atoms with Gasteiger partial charge in [-0.2, -0.15) is 0 Å². The summed E-state index contributed by atoms with van der Waals surface area (Å²) in [6.45, 7) is 7.21. The van der Waals surface area contributed by atoms with E-state index in [0.29, 0.717) is 12.8 Å². The van der Waals surface area contributed by atoms with Crippen molar-refractivity contribution in [1.82, 2.24) is 0 Å². The summed E-state index contributed by atoms with van der Waals surface area (Å²) in [7, 11) is 0. The Labute approximate surface area is 108 Å². The fourth-order valence-corrected chi connectivity index (χ4v) is 1.97. The molecule has 0 unspecified atom stereocenters. The highest BCUT2D eigenvalue weighted by molar-refractivity contribution is 5.82. The van der Waals surface area contributed by atoms with E-state index in [-0.39, 0.29) is 24.1 Å². The van der Waals surface area contributed by atoms with Crippen molar-refractivity contribution in [2.75, 3.05) is 0 Å². The molecule has 0 fully saturated rings. The summed E-state index contributed by atoms with van der Waals surface area (Å²) in [6.07, 6.45) is 4.61. The van der Waals surface area contributed by atoms with Crippen LogP contribution in [0.1, 0.15) is 40.5 Å². The van der Waals surface area contributed by atoms with Crippen molar-refractivity contribution in [3.8, 4) is 0 Å². The van der Waals surface area contributed by atoms with Crippen molar-refractivity contribution in [3.63, 3.8) is 0 Å². The Balaban J connectivity index is 2.71. The molecule has 0 radical (unpaired) electrons. The second-order valence-corrected chi connectivity index (χ2v) is 5.13. The Morgan fingerprint density at radius 1 is 0.889 bits per heavy atom. The predicted octanol–water partition coefficient (Wildman–Crippen LogP) is 2.47. The van der Waals surface area contributed by atoms with Crippen molar-refractivity contribution in [2.45, 2.75) is 52.7 Å². The maximum atomic E-state index is 11.9. The summed E-state index contributed by atoms with van der Waals surface area (Å²) in [4.78, 5) is 23.9. The lowest BCUT2D eigenvalue weighted by atomic mass is 9.83. The molecule has 4 heteroatoms. The highest BCUT2D eigenvalue weighted by atomic mass is 16.6. The first-order valence-electron chi connectivity index (χ1n) is 6.47. The minimum absolute atomic E-state index is 0.162. The van der Waals surface area contributed by atoms with Gasteiger partial charge in [-0.05, 0) is 40.5 Å². The zero-order chi connectivity index (χ0) is 13.7. The summed E-state index contributed by atoms with van der Waals surface area (Å²) in [6, 6.07) is 0. The van der Waals surface area contributed by atoms with E-state index in [9.17, 15) is 9.59 Å². The third kappa shape index (κ3) is 4.17. The standard InChI is InChI=1S/C14H22O4/c1-9(2)17-13(15)11-7-5-6-8-12(11)14(16)18-10(3)4/h5-6,9-12H,7-8H2,1-4H3/t11-,12-/m1/s1. The molecule has 2 atom stereocenters. The molecule has 0 aromatic heterocycles. The second kappa shape index (κ2) is 6.57. The molecule has 0 spiro atoms. The Morgan fingerprint density at radius 2 is 1.22 bits per heavy atom. The number of hydrogen-bond donors (Lipinski definition) is 0. The number of rotatable bonds is 4. The van der Waals surface area contributed by atoms with Crippen molar-refractivity contribution >= 4 is 11.9 Å².